The molecule has 0 aliphatic rings. The number of phenols is 2. The smallest absolute Gasteiger partial charge is 0.326 e. The summed E-state index contributed by atoms with van der Waals surface area (Å²) in [4.78, 5) is 169. The van der Waals surface area contributed by atoms with Crippen molar-refractivity contribution in [3.63, 3.8) is 0 Å². The molecule has 2 aromatic rings. The van der Waals surface area contributed by atoms with Gasteiger partial charge in [-0.15, -0.1) is 0 Å². The van der Waals surface area contributed by atoms with Gasteiger partial charge in [-0.1, -0.05) is 43.5 Å². The average Bonchev–Trinajstić information content (AvgIpc) is 0.925. The van der Waals surface area contributed by atoms with Gasteiger partial charge >= 0.3 is 59.8 Å². The fourth-order valence-corrected chi connectivity index (χ4v) is 9.81. The van der Waals surface area contributed by atoms with E-state index in [1.807, 2.05) is 0 Å². The third kappa shape index (κ3) is 38.5. The number of aryl methyl sites for hydroxylation is 2. The molecular weight excluding hydrogens is 1270 g/mol. The molecule has 0 fully saturated rings. The van der Waals surface area contributed by atoms with Crippen molar-refractivity contribution in [3.05, 3.63) is 58.7 Å². The third-order valence-electron chi connectivity index (χ3n) is 15.1. The van der Waals surface area contributed by atoms with Gasteiger partial charge in [-0.3, -0.25) is 48.2 Å². The Morgan fingerprint density at radius 2 is 0.688 bits per heavy atom. The van der Waals surface area contributed by atoms with Crippen LogP contribution in [-0.2, 0) is 83.5 Å². The van der Waals surface area contributed by atoms with Crippen LogP contribution in [0.3, 0.4) is 0 Å². The van der Waals surface area contributed by atoms with Gasteiger partial charge in [-0.2, -0.15) is 0 Å². The predicted molar refractivity (Wildman–Crippen MR) is 339 cm³/mol. The molecule has 0 aliphatic carbocycles. The number of nitrogens with zero attached hydrogens (tertiary/aromatic N) is 2. The zero-order valence-electron chi connectivity index (χ0n) is 53.7. The molecule has 2 unspecified atom stereocenters. The van der Waals surface area contributed by atoms with Crippen LogP contribution >= 0.6 is 0 Å². The zero-order chi connectivity index (χ0) is 71.5. The van der Waals surface area contributed by atoms with E-state index in [1.54, 1.807) is 24.3 Å². The lowest BCUT2D eigenvalue weighted by atomic mass is 10.0. The number of Topliss-reactive ketones (excluding diaryl/α,β-unsaturated/α-hetero) is 1. The molecule has 0 aliphatic heterocycles. The maximum Gasteiger partial charge on any atom is 0.326 e. The summed E-state index contributed by atoms with van der Waals surface area (Å²) in [6.07, 6.45) is 5.39. The molecule has 7 amide bonds. The van der Waals surface area contributed by atoms with Crippen LogP contribution < -0.4 is 37.2 Å². The molecule has 0 heterocycles. The highest BCUT2D eigenvalue weighted by Crippen LogP contribution is 2.24. The van der Waals surface area contributed by atoms with Crippen LogP contribution in [0, 0.1) is 0 Å². The highest BCUT2D eigenvalue weighted by molar-refractivity contribution is 5.87. The van der Waals surface area contributed by atoms with E-state index in [9.17, 15) is 108 Å². The van der Waals surface area contributed by atoms with Crippen molar-refractivity contribution in [1.82, 2.24) is 47.0 Å². The first-order valence-electron chi connectivity index (χ1n) is 31.8. The molecule has 33 nitrogen and oxygen atoms in total. The lowest BCUT2D eigenvalue weighted by Gasteiger charge is -2.26. The maximum atomic E-state index is 12.9. The van der Waals surface area contributed by atoms with Crippen molar-refractivity contribution in [2.45, 2.75) is 191 Å². The first kappa shape index (κ1) is 82.4. The fourth-order valence-electron chi connectivity index (χ4n) is 9.81. The number of carboxylic acids is 8. The van der Waals surface area contributed by atoms with Crippen molar-refractivity contribution in [3.8, 4) is 11.5 Å². The number of amides is 7. The second-order valence-corrected chi connectivity index (χ2v) is 23.1. The van der Waals surface area contributed by atoms with E-state index in [0.29, 0.717) is 100 Å². The number of unbranched alkanes of at least 4 members (excludes halogenated alkanes) is 7. The van der Waals surface area contributed by atoms with Gasteiger partial charge in [0.15, 0.2) is 0 Å². The van der Waals surface area contributed by atoms with E-state index in [2.05, 4.69) is 37.2 Å². The van der Waals surface area contributed by atoms with Crippen molar-refractivity contribution in [2.75, 3.05) is 45.8 Å². The Balaban J connectivity index is 1.74. The van der Waals surface area contributed by atoms with Crippen LogP contribution in [0.1, 0.15) is 164 Å². The van der Waals surface area contributed by atoms with E-state index in [0.717, 1.165) is 5.56 Å². The minimum atomic E-state index is -1.53. The number of hydrogen-bond acceptors (Lipinski definition) is 18. The van der Waals surface area contributed by atoms with Gasteiger partial charge in [0.05, 0.1) is 13.1 Å². The van der Waals surface area contributed by atoms with Gasteiger partial charge in [0.25, 0.3) is 0 Å². The summed E-state index contributed by atoms with van der Waals surface area (Å²) >= 11 is 0. The Morgan fingerprint density at radius 1 is 0.354 bits per heavy atom. The lowest BCUT2D eigenvalue weighted by molar-refractivity contribution is -0.142. The van der Waals surface area contributed by atoms with Crippen LogP contribution in [0.4, 0.5) is 9.59 Å². The van der Waals surface area contributed by atoms with Crippen LogP contribution in [0.5, 0.6) is 11.5 Å². The average molecular weight is 1360 g/mol. The molecular formula is C63H93N9O24. The summed E-state index contributed by atoms with van der Waals surface area (Å²) in [6.45, 7) is -0.125. The molecule has 0 bridgehead atoms. The Labute approximate surface area is 554 Å². The number of carbonyl (C=O) groups excluding carboxylic acids is 6. The normalized spacial score (nSPS) is 12.3. The molecule has 17 N–H and O–H groups in total. The Kier molecular flexibility index (Phi) is 39.9. The number of benzene rings is 2. The van der Waals surface area contributed by atoms with Gasteiger partial charge in [0.2, 0.25) is 17.7 Å². The van der Waals surface area contributed by atoms with Crippen LogP contribution in [0.2, 0.25) is 0 Å². The molecule has 0 aromatic heterocycles. The SMILES string of the molecule is O=C(O)CCC(NC(=O)NC(CCCCNC(=O)CCCCCNC(=O)CCc1ccc(O)c(CN(CCN(CC(=O)O)Cc2cc(CCC(=O)CCCCCCC(=O)NCCCC[C@H](NC(=O)N[C@@H](CCC(=O)O)C(=O)O)C(=O)O)ccc2O)CC(=O)O)c1)C(=O)O)C(=O)O. The Morgan fingerprint density at radius 3 is 1.05 bits per heavy atom. The number of urea groups is 2. The largest absolute Gasteiger partial charge is 0.508 e. The Bertz CT molecular complexity index is 2740. The molecule has 2 aromatic carbocycles. The summed E-state index contributed by atoms with van der Waals surface area (Å²) in [5, 5.41) is 113. The number of aromatic hydroxyl groups is 2. The molecule has 0 radical (unpaired) electrons. The molecule has 96 heavy (non-hydrogen) atoms. The molecule has 0 spiro atoms. The molecule has 534 valence electrons. The van der Waals surface area contributed by atoms with Crippen LogP contribution in [-0.4, -0.2) is 214 Å². The minimum absolute atomic E-state index is 0.00151. The quantitative estimate of drug-likeness (QED) is 0.0423. The number of phenolic OH excluding ortho intramolecular Hbond substituents is 2. The highest BCUT2D eigenvalue weighted by atomic mass is 16.4. The number of rotatable bonds is 54. The number of nitrogens with one attached hydrogen (secondary N) is 7. The van der Waals surface area contributed by atoms with Crippen LogP contribution in [0.15, 0.2) is 36.4 Å². The van der Waals surface area contributed by atoms with E-state index >= 15 is 0 Å². The first-order valence-corrected chi connectivity index (χ1v) is 31.8. The van der Waals surface area contributed by atoms with Crippen molar-refractivity contribution in [1.29, 1.82) is 0 Å². The van der Waals surface area contributed by atoms with Gasteiger partial charge in [-0.25, -0.2) is 28.8 Å². The van der Waals surface area contributed by atoms with Crippen molar-refractivity contribution >= 4 is 83.3 Å². The summed E-state index contributed by atoms with van der Waals surface area (Å²) in [6, 6.07) is 1.58. The summed E-state index contributed by atoms with van der Waals surface area (Å²) in [5.41, 5.74) is 2.16. The van der Waals surface area contributed by atoms with E-state index in [4.69, 9.17) is 10.2 Å². The maximum absolute atomic E-state index is 12.9. The minimum Gasteiger partial charge on any atom is -0.508 e. The molecule has 4 atom stereocenters. The van der Waals surface area contributed by atoms with Gasteiger partial charge in [-0.05, 0) is 113 Å². The van der Waals surface area contributed by atoms with E-state index < -0.39 is 123 Å². The summed E-state index contributed by atoms with van der Waals surface area (Å²) in [7, 11) is 0. The molecule has 0 saturated heterocycles. The second kappa shape index (κ2) is 46.4. The number of carboxylic acid groups (broad SMARTS) is 8. The number of ketones is 1. The highest BCUT2D eigenvalue weighted by Gasteiger charge is 2.27. The molecule has 33 heteroatoms. The van der Waals surface area contributed by atoms with Crippen LogP contribution in [0.25, 0.3) is 0 Å². The first-order chi connectivity index (χ1) is 45.5. The van der Waals surface area contributed by atoms with Gasteiger partial charge in [0, 0.05) is 102 Å². The third-order valence-corrected chi connectivity index (χ3v) is 15.1. The van der Waals surface area contributed by atoms with Crippen molar-refractivity contribution < 1.29 is 118 Å². The lowest BCUT2D eigenvalue weighted by Crippen LogP contribution is -2.51. The predicted octanol–water partition coefficient (Wildman–Crippen LogP) is 2.74. The second-order valence-electron chi connectivity index (χ2n) is 23.1. The monoisotopic (exact) mass is 1360 g/mol. The molecule has 0 saturated carbocycles. The topological polar surface area (TPSA) is 532 Å². The zero-order valence-corrected chi connectivity index (χ0v) is 53.7. The Hall–Kier alpha value is -9.66. The summed E-state index contributed by atoms with van der Waals surface area (Å²) in [5.74, 6) is -11.5. The van der Waals surface area contributed by atoms with E-state index in [1.165, 1.54) is 21.9 Å². The number of aliphatic carboxylic acids is 8. The number of carbonyl (C=O) groups is 14. The number of hydrogen-bond donors (Lipinski definition) is 17. The summed E-state index contributed by atoms with van der Waals surface area (Å²) < 4.78 is 0. The van der Waals surface area contributed by atoms with E-state index in [-0.39, 0.29) is 126 Å². The van der Waals surface area contributed by atoms with Crippen molar-refractivity contribution in [2.24, 2.45) is 0 Å². The molecule has 2 rings (SSSR count). The van der Waals surface area contributed by atoms with Gasteiger partial charge < -0.3 is 88.3 Å². The van der Waals surface area contributed by atoms with Gasteiger partial charge in [0.1, 0.15) is 41.4 Å². The standard InChI is InChI=1S/C63H93N9O24/c73-44(12-4-1-2-5-15-51(76)64-30-10-7-13-45(58(87)88)67-62(95)69-47(60(91)92)22-27-54(79)80)21-17-40-18-24-49(74)42(34-40)36-71(38-56(83)84)32-33-72(39-57(85)86)37-43-35-41(19-25-50(43)75)20-26-53(78)66-29-9-3-6-16-52(77)65-31-11-8-14-46(59(89)90)68-63(96)70-48(61(93)94)23-28-55(81)82/h18-19,24-25,34-35,45-48,74-75H,1-17,20-23,26-33,36-39H2,(H,64,76)(H,65,77)(H,66,78)(H,79,80)(H,81,82)(H,83,84)(H,85,86)(H,87,88)(H,89,90)(H,91,92)(H,93,94)(H2,67,69,95)(H2,68,70,96)/t45-,46?,47-,48?/m0/s1. The fraction of sp³-hybridized carbons (Fsp3) is 0.587.